The van der Waals surface area contributed by atoms with E-state index in [0.29, 0.717) is 21.8 Å². The van der Waals surface area contributed by atoms with Crippen LogP contribution in [-0.2, 0) is 4.79 Å². The van der Waals surface area contributed by atoms with Gasteiger partial charge in [0.05, 0.1) is 7.11 Å². The number of nitrogens with one attached hydrogen (secondary N) is 1. The highest BCUT2D eigenvalue weighted by Crippen LogP contribution is 2.24. The summed E-state index contributed by atoms with van der Waals surface area (Å²) in [6.07, 6.45) is 1.30. The minimum atomic E-state index is -0.598. The first-order valence-corrected chi connectivity index (χ1v) is 7.36. The third kappa shape index (κ3) is 3.92. The second kappa shape index (κ2) is 7.62. The lowest BCUT2D eigenvalue weighted by Crippen LogP contribution is -2.14. The Morgan fingerprint density at radius 2 is 2.12 bits per heavy atom. The molecule has 0 aliphatic carbocycles. The van der Waals surface area contributed by atoms with Gasteiger partial charge in [-0.05, 0) is 48.4 Å². The zero-order valence-electron chi connectivity index (χ0n) is 13.1. The zero-order chi connectivity index (χ0) is 17.7. The summed E-state index contributed by atoms with van der Waals surface area (Å²) in [6, 6.07) is 11.1. The third-order valence-corrected chi connectivity index (χ3v) is 3.78. The number of amides is 1. The summed E-state index contributed by atoms with van der Waals surface area (Å²) in [5, 5.41) is 12.3. The Bertz CT molecular complexity index is 857. The van der Waals surface area contributed by atoms with Crippen molar-refractivity contribution < 1.29 is 13.9 Å². The molecule has 0 aliphatic heterocycles. The molecule has 0 unspecified atom stereocenters. The van der Waals surface area contributed by atoms with E-state index >= 15 is 0 Å². The quantitative estimate of drug-likeness (QED) is 0.662. The van der Waals surface area contributed by atoms with Gasteiger partial charge in [0.1, 0.15) is 11.6 Å². The molecule has 122 valence electrons. The Morgan fingerprint density at radius 3 is 2.75 bits per heavy atom. The lowest BCUT2D eigenvalue weighted by molar-refractivity contribution is -0.112. The fourth-order valence-electron chi connectivity index (χ4n) is 2.02. The summed E-state index contributed by atoms with van der Waals surface area (Å²) in [6.45, 7) is 1.76. The molecule has 0 fully saturated rings. The van der Waals surface area contributed by atoms with Crippen LogP contribution in [0.2, 0.25) is 5.02 Å². The first-order chi connectivity index (χ1) is 11.5. The summed E-state index contributed by atoms with van der Waals surface area (Å²) in [5.74, 6) is -1.08. The number of hydrogen-bond donors (Lipinski definition) is 1. The lowest BCUT2D eigenvalue weighted by atomic mass is 10.1. The molecule has 0 saturated heterocycles. The van der Waals surface area contributed by atoms with Gasteiger partial charge in [-0.2, -0.15) is 5.26 Å². The number of halogens is 2. The second-order valence-corrected chi connectivity index (χ2v) is 5.34. The van der Waals surface area contributed by atoms with Crippen molar-refractivity contribution in [3.05, 3.63) is 63.9 Å². The van der Waals surface area contributed by atoms with Crippen LogP contribution in [0.15, 0.2) is 42.0 Å². The van der Waals surface area contributed by atoms with Gasteiger partial charge in [0, 0.05) is 10.7 Å². The molecule has 0 saturated carbocycles. The van der Waals surface area contributed by atoms with E-state index in [9.17, 15) is 14.4 Å². The molecule has 1 N–H and O–H groups in total. The Kier molecular flexibility index (Phi) is 5.56. The predicted molar refractivity (Wildman–Crippen MR) is 91.4 cm³/mol. The molecule has 0 heterocycles. The van der Waals surface area contributed by atoms with Crippen molar-refractivity contribution >= 4 is 29.3 Å². The number of nitrogens with zero attached hydrogens (tertiary/aromatic N) is 1. The standard InChI is InChI=1S/C18H14ClFN2O2/c1-11-14(19)4-3-5-16(11)22-18(23)13(10-21)8-12-6-7-17(24-2)15(20)9-12/h3-9H,1-2H3,(H,22,23)/b13-8+. The van der Waals surface area contributed by atoms with Gasteiger partial charge < -0.3 is 10.1 Å². The van der Waals surface area contributed by atoms with E-state index in [1.165, 1.54) is 25.3 Å². The molecule has 0 bridgehead atoms. The smallest absolute Gasteiger partial charge is 0.266 e. The second-order valence-electron chi connectivity index (χ2n) is 4.93. The molecule has 0 radical (unpaired) electrons. The lowest BCUT2D eigenvalue weighted by Gasteiger charge is -2.09. The molecule has 6 heteroatoms. The van der Waals surface area contributed by atoms with Crippen LogP contribution < -0.4 is 10.1 Å². The highest BCUT2D eigenvalue weighted by atomic mass is 35.5. The minimum absolute atomic E-state index is 0.0876. The van der Waals surface area contributed by atoms with Crippen molar-refractivity contribution in [2.75, 3.05) is 12.4 Å². The van der Waals surface area contributed by atoms with Gasteiger partial charge in [-0.15, -0.1) is 0 Å². The van der Waals surface area contributed by atoms with Crippen molar-refractivity contribution in [2.24, 2.45) is 0 Å². The van der Waals surface area contributed by atoms with Crippen LogP contribution in [0.5, 0.6) is 5.75 Å². The van der Waals surface area contributed by atoms with Crippen LogP contribution in [0, 0.1) is 24.1 Å². The monoisotopic (exact) mass is 344 g/mol. The minimum Gasteiger partial charge on any atom is -0.494 e. The van der Waals surface area contributed by atoms with E-state index in [1.54, 1.807) is 31.2 Å². The normalized spacial score (nSPS) is 10.9. The fraction of sp³-hybridized carbons (Fsp3) is 0.111. The first kappa shape index (κ1) is 17.5. The van der Waals surface area contributed by atoms with Gasteiger partial charge in [0.2, 0.25) is 0 Å². The van der Waals surface area contributed by atoms with Gasteiger partial charge in [-0.3, -0.25) is 4.79 Å². The fourth-order valence-corrected chi connectivity index (χ4v) is 2.19. The van der Waals surface area contributed by atoms with Crippen molar-refractivity contribution in [1.82, 2.24) is 0 Å². The number of hydrogen-bond acceptors (Lipinski definition) is 3. The summed E-state index contributed by atoms with van der Waals surface area (Å²) >= 11 is 6.00. The number of ether oxygens (including phenoxy) is 1. The number of carbonyl (C=O) groups excluding carboxylic acids is 1. The molecule has 0 spiro atoms. The van der Waals surface area contributed by atoms with E-state index < -0.39 is 11.7 Å². The molecular weight excluding hydrogens is 331 g/mol. The first-order valence-electron chi connectivity index (χ1n) is 6.98. The Morgan fingerprint density at radius 1 is 1.38 bits per heavy atom. The van der Waals surface area contributed by atoms with Gasteiger partial charge in [0.25, 0.3) is 5.91 Å². The van der Waals surface area contributed by atoms with Gasteiger partial charge in [0.15, 0.2) is 11.6 Å². The maximum atomic E-state index is 13.7. The summed E-state index contributed by atoms with van der Waals surface area (Å²) < 4.78 is 18.5. The van der Waals surface area contributed by atoms with Crippen LogP contribution in [0.4, 0.5) is 10.1 Å². The van der Waals surface area contributed by atoms with Crippen molar-refractivity contribution in [2.45, 2.75) is 6.92 Å². The van der Waals surface area contributed by atoms with E-state index in [0.717, 1.165) is 0 Å². The number of anilines is 1. The van der Waals surface area contributed by atoms with Crippen molar-refractivity contribution in [1.29, 1.82) is 5.26 Å². The van der Waals surface area contributed by atoms with Crippen molar-refractivity contribution in [3.63, 3.8) is 0 Å². The average Bonchev–Trinajstić information content (AvgIpc) is 2.57. The molecule has 2 aromatic rings. The highest BCUT2D eigenvalue weighted by Gasteiger charge is 2.12. The molecule has 2 aromatic carbocycles. The number of rotatable bonds is 4. The summed E-state index contributed by atoms with van der Waals surface area (Å²) in [7, 11) is 1.36. The largest absolute Gasteiger partial charge is 0.494 e. The Hall–Kier alpha value is -2.84. The predicted octanol–water partition coefficient (Wildman–Crippen LogP) is 4.34. The molecule has 0 aromatic heterocycles. The highest BCUT2D eigenvalue weighted by molar-refractivity contribution is 6.31. The molecular formula is C18H14ClFN2O2. The van der Waals surface area contributed by atoms with Crippen molar-refractivity contribution in [3.8, 4) is 11.8 Å². The van der Waals surface area contributed by atoms with Crippen LogP contribution in [-0.4, -0.2) is 13.0 Å². The molecule has 2 rings (SSSR count). The van der Waals surface area contributed by atoms with Gasteiger partial charge in [-0.1, -0.05) is 23.7 Å². The average molecular weight is 345 g/mol. The van der Waals surface area contributed by atoms with Crippen LogP contribution in [0.3, 0.4) is 0 Å². The van der Waals surface area contributed by atoms with E-state index in [-0.39, 0.29) is 11.3 Å². The molecule has 4 nitrogen and oxygen atoms in total. The maximum absolute atomic E-state index is 13.7. The SMILES string of the molecule is COc1ccc(/C=C(\C#N)C(=O)Nc2cccc(Cl)c2C)cc1F. The van der Waals surface area contributed by atoms with Crippen LogP contribution in [0.1, 0.15) is 11.1 Å². The van der Waals surface area contributed by atoms with E-state index in [1.807, 2.05) is 6.07 Å². The maximum Gasteiger partial charge on any atom is 0.266 e. The molecule has 0 atom stereocenters. The molecule has 24 heavy (non-hydrogen) atoms. The summed E-state index contributed by atoms with van der Waals surface area (Å²) in [5.41, 5.74) is 1.43. The molecule has 1 amide bonds. The zero-order valence-corrected chi connectivity index (χ0v) is 13.8. The van der Waals surface area contributed by atoms with Gasteiger partial charge >= 0.3 is 0 Å². The Balaban J connectivity index is 2.27. The number of carbonyl (C=O) groups is 1. The van der Waals surface area contributed by atoms with Gasteiger partial charge in [-0.25, -0.2) is 4.39 Å². The number of methoxy groups -OCH3 is 1. The van der Waals surface area contributed by atoms with Crippen LogP contribution in [0.25, 0.3) is 6.08 Å². The van der Waals surface area contributed by atoms with E-state index in [4.69, 9.17) is 16.3 Å². The van der Waals surface area contributed by atoms with E-state index in [2.05, 4.69) is 5.32 Å². The number of benzene rings is 2. The molecule has 0 aliphatic rings. The summed E-state index contributed by atoms with van der Waals surface area (Å²) in [4.78, 5) is 12.3. The number of nitriles is 1. The Labute approximate surface area is 144 Å². The van der Waals surface area contributed by atoms with Crippen LogP contribution >= 0.6 is 11.6 Å². The topological polar surface area (TPSA) is 62.1 Å². The third-order valence-electron chi connectivity index (χ3n) is 3.37.